The molecule has 4 atom stereocenters. The van der Waals surface area contributed by atoms with Crippen molar-refractivity contribution in [1.82, 2.24) is 10.2 Å². The second-order valence-electron chi connectivity index (χ2n) is 6.91. The first-order valence-electron chi connectivity index (χ1n) is 8.50. The van der Waals surface area contributed by atoms with E-state index < -0.39 is 0 Å². The maximum absolute atomic E-state index is 12.8. The molecule has 0 aromatic rings. The zero-order chi connectivity index (χ0) is 15.3. The minimum absolute atomic E-state index is 0.0211. The summed E-state index contributed by atoms with van der Waals surface area (Å²) in [5.74, 6) is 1.35. The molecule has 0 bridgehead atoms. The molecule has 0 aromatic carbocycles. The molecule has 118 valence electrons. The first-order chi connectivity index (χ1) is 9.42. The minimum atomic E-state index is 0.0211. The number of nitrogens with zero attached hydrogens (tertiary/aromatic N) is 1. The van der Waals surface area contributed by atoms with E-state index in [0.29, 0.717) is 23.8 Å². The van der Waals surface area contributed by atoms with Crippen LogP contribution in [0.5, 0.6) is 0 Å². The number of hydrogen-bond donors (Lipinski definition) is 1. The Morgan fingerprint density at radius 1 is 1.20 bits per heavy atom. The smallest absolute Gasteiger partial charge is 0.241 e. The third kappa shape index (κ3) is 4.21. The number of carbonyl (C=O) groups excluding carboxylic acids is 1. The van der Waals surface area contributed by atoms with Crippen LogP contribution in [0.2, 0.25) is 0 Å². The Kier molecular flexibility index (Phi) is 7.01. The molecule has 3 nitrogen and oxygen atoms in total. The van der Waals surface area contributed by atoms with Crippen LogP contribution in [-0.2, 0) is 4.79 Å². The van der Waals surface area contributed by atoms with E-state index in [1.165, 1.54) is 12.8 Å². The van der Waals surface area contributed by atoms with E-state index in [2.05, 4.69) is 51.8 Å². The monoisotopic (exact) mass is 282 g/mol. The number of rotatable bonds is 8. The van der Waals surface area contributed by atoms with Crippen molar-refractivity contribution < 1.29 is 4.79 Å². The summed E-state index contributed by atoms with van der Waals surface area (Å²) in [7, 11) is 0. The maximum Gasteiger partial charge on any atom is 0.241 e. The van der Waals surface area contributed by atoms with Gasteiger partial charge in [0.15, 0.2) is 0 Å². The van der Waals surface area contributed by atoms with E-state index in [0.717, 1.165) is 19.3 Å². The molecule has 0 aliphatic carbocycles. The predicted molar refractivity (Wildman–Crippen MR) is 85.5 cm³/mol. The highest BCUT2D eigenvalue weighted by molar-refractivity contribution is 5.85. The zero-order valence-electron chi connectivity index (χ0n) is 14.3. The molecule has 1 rings (SSSR count). The summed E-state index contributed by atoms with van der Waals surface area (Å²) in [6.45, 7) is 13.2. The largest absolute Gasteiger partial charge is 0.323 e. The third-order valence-corrected chi connectivity index (χ3v) is 4.59. The molecule has 1 aliphatic heterocycles. The lowest BCUT2D eigenvalue weighted by molar-refractivity contribution is -0.133. The lowest BCUT2D eigenvalue weighted by atomic mass is 9.99. The first kappa shape index (κ1) is 17.5. The van der Waals surface area contributed by atoms with Crippen molar-refractivity contribution in [3.63, 3.8) is 0 Å². The fourth-order valence-electron chi connectivity index (χ4n) is 3.11. The number of hydrogen-bond acceptors (Lipinski definition) is 2. The van der Waals surface area contributed by atoms with Crippen molar-refractivity contribution in [2.45, 2.75) is 91.9 Å². The van der Waals surface area contributed by atoms with Crippen LogP contribution in [-0.4, -0.2) is 29.1 Å². The summed E-state index contributed by atoms with van der Waals surface area (Å²) < 4.78 is 0. The predicted octanol–water partition coefficient (Wildman–Crippen LogP) is 3.78. The van der Waals surface area contributed by atoms with Gasteiger partial charge in [0.25, 0.3) is 0 Å². The summed E-state index contributed by atoms with van der Waals surface area (Å²) in [6, 6.07) is 0.376. The quantitative estimate of drug-likeness (QED) is 0.734. The Morgan fingerprint density at radius 2 is 1.85 bits per heavy atom. The van der Waals surface area contributed by atoms with Gasteiger partial charge in [0.1, 0.15) is 0 Å². The molecule has 3 heteroatoms. The topological polar surface area (TPSA) is 32.3 Å². The van der Waals surface area contributed by atoms with Crippen molar-refractivity contribution in [3.05, 3.63) is 0 Å². The minimum Gasteiger partial charge on any atom is -0.323 e. The van der Waals surface area contributed by atoms with Crippen LogP contribution in [0.25, 0.3) is 0 Å². The molecule has 20 heavy (non-hydrogen) atoms. The SMILES string of the molecule is CCCCC(C)N1C(=O)C(C(C)CC)NC1CC(C)C. The lowest BCUT2D eigenvalue weighted by Gasteiger charge is -2.31. The van der Waals surface area contributed by atoms with E-state index >= 15 is 0 Å². The van der Waals surface area contributed by atoms with Gasteiger partial charge >= 0.3 is 0 Å². The highest BCUT2D eigenvalue weighted by Gasteiger charge is 2.42. The molecular formula is C17H34N2O. The van der Waals surface area contributed by atoms with Gasteiger partial charge in [-0.3, -0.25) is 10.1 Å². The van der Waals surface area contributed by atoms with Crippen LogP contribution >= 0.6 is 0 Å². The normalized spacial score (nSPS) is 26.4. The third-order valence-electron chi connectivity index (χ3n) is 4.59. The first-order valence-corrected chi connectivity index (χ1v) is 8.50. The molecule has 1 saturated heterocycles. The van der Waals surface area contributed by atoms with Crippen molar-refractivity contribution in [2.75, 3.05) is 0 Å². The summed E-state index contributed by atoms with van der Waals surface area (Å²) >= 11 is 0. The van der Waals surface area contributed by atoms with E-state index in [9.17, 15) is 4.79 Å². The standard InChI is InChI=1S/C17H34N2O/c1-7-9-10-14(6)19-15(11-12(3)4)18-16(17(19)20)13(5)8-2/h12-16,18H,7-11H2,1-6H3. The Balaban J connectivity index is 2.81. The van der Waals surface area contributed by atoms with Gasteiger partial charge < -0.3 is 4.90 Å². The van der Waals surface area contributed by atoms with Crippen molar-refractivity contribution >= 4 is 5.91 Å². The summed E-state index contributed by atoms with van der Waals surface area (Å²) in [5, 5.41) is 3.61. The van der Waals surface area contributed by atoms with Gasteiger partial charge in [-0.2, -0.15) is 0 Å². The number of amides is 1. The molecule has 4 unspecified atom stereocenters. The molecule has 1 amide bonds. The van der Waals surface area contributed by atoms with Gasteiger partial charge in [-0.1, -0.05) is 53.9 Å². The van der Waals surface area contributed by atoms with Crippen LogP contribution in [0.15, 0.2) is 0 Å². The van der Waals surface area contributed by atoms with Crippen molar-refractivity contribution in [3.8, 4) is 0 Å². The highest BCUT2D eigenvalue weighted by Crippen LogP contribution is 2.26. The molecule has 1 fully saturated rings. The maximum atomic E-state index is 12.8. The van der Waals surface area contributed by atoms with Crippen LogP contribution in [0, 0.1) is 11.8 Å². The van der Waals surface area contributed by atoms with Gasteiger partial charge in [-0.15, -0.1) is 0 Å². The van der Waals surface area contributed by atoms with Crippen LogP contribution in [0.4, 0.5) is 0 Å². The van der Waals surface area contributed by atoms with Crippen LogP contribution < -0.4 is 5.32 Å². The fraction of sp³-hybridized carbons (Fsp3) is 0.941. The molecule has 1 N–H and O–H groups in total. The van der Waals surface area contributed by atoms with E-state index in [-0.39, 0.29) is 12.2 Å². The van der Waals surface area contributed by atoms with Gasteiger partial charge in [-0.05, 0) is 31.6 Å². The molecule has 0 spiro atoms. The summed E-state index contributed by atoms with van der Waals surface area (Å²) in [6.07, 6.45) is 5.85. The average Bonchev–Trinajstić information content (AvgIpc) is 2.71. The summed E-state index contributed by atoms with van der Waals surface area (Å²) in [4.78, 5) is 14.9. The Hall–Kier alpha value is -0.570. The van der Waals surface area contributed by atoms with Crippen molar-refractivity contribution in [2.24, 2.45) is 11.8 Å². The Bertz CT molecular complexity index is 303. The Labute approximate surface area is 125 Å². The lowest BCUT2D eigenvalue weighted by Crippen LogP contribution is -2.44. The second kappa shape index (κ2) is 8.02. The molecular weight excluding hydrogens is 248 g/mol. The molecule has 1 heterocycles. The van der Waals surface area contributed by atoms with E-state index in [1.807, 2.05) is 0 Å². The fourth-order valence-corrected chi connectivity index (χ4v) is 3.11. The van der Waals surface area contributed by atoms with E-state index in [1.54, 1.807) is 0 Å². The van der Waals surface area contributed by atoms with Gasteiger partial charge in [0.2, 0.25) is 5.91 Å². The van der Waals surface area contributed by atoms with Gasteiger partial charge in [-0.25, -0.2) is 0 Å². The molecule has 0 aromatic heterocycles. The number of unbranched alkanes of at least 4 members (excludes halogenated alkanes) is 1. The molecule has 1 aliphatic rings. The molecule has 0 radical (unpaired) electrons. The molecule has 0 saturated carbocycles. The average molecular weight is 282 g/mol. The number of carbonyl (C=O) groups is 1. The van der Waals surface area contributed by atoms with Crippen molar-refractivity contribution in [1.29, 1.82) is 0 Å². The second-order valence-corrected chi connectivity index (χ2v) is 6.91. The van der Waals surface area contributed by atoms with E-state index in [4.69, 9.17) is 0 Å². The zero-order valence-corrected chi connectivity index (χ0v) is 14.3. The Morgan fingerprint density at radius 3 is 2.35 bits per heavy atom. The summed E-state index contributed by atoms with van der Waals surface area (Å²) in [5.41, 5.74) is 0. The number of nitrogens with one attached hydrogen (secondary N) is 1. The van der Waals surface area contributed by atoms with Crippen LogP contribution in [0.1, 0.15) is 73.6 Å². The van der Waals surface area contributed by atoms with Gasteiger partial charge in [0, 0.05) is 6.04 Å². The van der Waals surface area contributed by atoms with Crippen LogP contribution in [0.3, 0.4) is 0 Å². The van der Waals surface area contributed by atoms with Gasteiger partial charge in [0.05, 0.1) is 12.2 Å². The highest BCUT2D eigenvalue weighted by atomic mass is 16.2.